The van der Waals surface area contributed by atoms with Crippen molar-refractivity contribution in [1.29, 1.82) is 0 Å². The van der Waals surface area contributed by atoms with Crippen molar-refractivity contribution < 1.29 is 28.6 Å². The normalized spacial score (nSPS) is 15.4. The molecule has 1 atom stereocenters. The highest BCUT2D eigenvalue weighted by molar-refractivity contribution is 6.15. The van der Waals surface area contributed by atoms with Crippen molar-refractivity contribution >= 4 is 11.7 Å². The summed E-state index contributed by atoms with van der Waals surface area (Å²) in [6.45, 7) is 5.22. The zero-order valence-corrected chi connectivity index (χ0v) is 20.6. The molecular formula is C29H31NO6. The minimum atomic E-state index is -0.830. The molecule has 1 amide bonds. The Hall–Kier alpha value is -4.00. The summed E-state index contributed by atoms with van der Waals surface area (Å²) in [6, 6.07) is 17.1. The second-order valence-electron chi connectivity index (χ2n) is 8.58. The smallest absolute Gasteiger partial charge is 0.290 e. The van der Waals surface area contributed by atoms with Gasteiger partial charge in [0.05, 0.1) is 31.1 Å². The van der Waals surface area contributed by atoms with E-state index in [1.807, 2.05) is 43.3 Å². The maximum atomic E-state index is 13.4. The van der Waals surface area contributed by atoms with E-state index in [1.165, 1.54) is 17.2 Å². The first-order chi connectivity index (χ1) is 17.5. The van der Waals surface area contributed by atoms with Crippen molar-refractivity contribution in [3.8, 4) is 11.5 Å². The number of aliphatic hydroxyl groups excluding tert-OH is 1. The number of ketones is 1. The molecule has 1 aliphatic rings. The van der Waals surface area contributed by atoms with Gasteiger partial charge in [-0.05, 0) is 48.7 Å². The number of nitrogens with zero attached hydrogens (tertiary/aromatic N) is 1. The number of carbonyl (C=O) groups is 2. The van der Waals surface area contributed by atoms with Crippen LogP contribution in [-0.2, 0) is 11.3 Å². The minimum Gasteiger partial charge on any atom is -0.503 e. The average Bonchev–Trinajstić information content (AvgIpc) is 3.51. The van der Waals surface area contributed by atoms with Gasteiger partial charge in [-0.3, -0.25) is 9.59 Å². The molecule has 1 unspecified atom stereocenters. The first-order valence-electron chi connectivity index (χ1n) is 12.3. The van der Waals surface area contributed by atoms with Crippen LogP contribution in [0.5, 0.6) is 11.5 Å². The fourth-order valence-corrected chi connectivity index (χ4v) is 4.33. The third kappa shape index (κ3) is 5.30. The number of hydrogen-bond acceptors (Lipinski definition) is 6. The molecule has 36 heavy (non-hydrogen) atoms. The molecule has 1 aromatic heterocycles. The Bertz CT molecular complexity index is 1220. The van der Waals surface area contributed by atoms with Crippen LogP contribution in [0.15, 0.2) is 82.7 Å². The lowest BCUT2D eigenvalue weighted by Gasteiger charge is -2.27. The van der Waals surface area contributed by atoms with Crippen molar-refractivity contribution in [3.05, 3.63) is 95.1 Å². The number of furan rings is 1. The van der Waals surface area contributed by atoms with Gasteiger partial charge in [-0.2, -0.15) is 0 Å². The van der Waals surface area contributed by atoms with Crippen LogP contribution < -0.4 is 9.47 Å². The van der Waals surface area contributed by atoms with Crippen molar-refractivity contribution in [2.75, 3.05) is 13.2 Å². The largest absolute Gasteiger partial charge is 0.503 e. The fourth-order valence-electron chi connectivity index (χ4n) is 4.33. The minimum absolute atomic E-state index is 0.0232. The SMILES string of the molecule is CCCCCOc1ccc(C2C(C(=O)c3ccco3)=C(O)C(=O)N2Cc2ccccc2)cc1OCC. The number of Topliss-reactive ketones (excluding diaryl/α,β-unsaturated/α-hetero) is 1. The first-order valence-corrected chi connectivity index (χ1v) is 12.3. The van der Waals surface area contributed by atoms with Gasteiger partial charge in [0, 0.05) is 6.54 Å². The van der Waals surface area contributed by atoms with Crippen molar-refractivity contribution in [2.24, 2.45) is 0 Å². The summed E-state index contributed by atoms with van der Waals surface area (Å²) in [5, 5.41) is 10.9. The Kier molecular flexibility index (Phi) is 8.10. The number of hydrogen-bond donors (Lipinski definition) is 1. The van der Waals surface area contributed by atoms with E-state index in [-0.39, 0.29) is 17.9 Å². The molecule has 3 aromatic rings. The van der Waals surface area contributed by atoms with Crippen LogP contribution in [0.25, 0.3) is 0 Å². The van der Waals surface area contributed by atoms with Crippen LogP contribution in [0.4, 0.5) is 0 Å². The van der Waals surface area contributed by atoms with Gasteiger partial charge in [0.2, 0.25) is 5.78 Å². The molecule has 0 saturated heterocycles. The van der Waals surface area contributed by atoms with E-state index in [0.717, 1.165) is 24.8 Å². The number of carbonyl (C=O) groups excluding carboxylic acids is 2. The van der Waals surface area contributed by atoms with Gasteiger partial charge in [-0.25, -0.2) is 0 Å². The molecule has 0 aliphatic carbocycles. The van der Waals surface area contributed by atoms with Crippen LogP contribution in [0.3, 0.4) is 0 Å². The maximum absolute atomic E-state index is 13.4. The zero-order valence-electron chi connectivity index (χ0n) is 20.6. The van der Waals surface area contributed by atoms with Gasteiger partial charge in [-0.1, -0.05) is 56.2 Å². The van der Waals surface area contributed by atoms with Gasteiger partial charge in [0.1, 0.15) is 0 Å². The van der Waals surface area contributed by atoms with E-state index < -0.39 is 23.5 Å². The second-order valence-corrected chi connectivity index (χ2v) is 8.58. The predicted octanol–water partition coefficient (Wildman–Crippen LogP) is 6.03. The molecule has 0 bridgehead atoms. The highest BCUT2D eigenvalue weighted by Crippen LogP contribution is 2.42. The van der Waals surface area contributed by atoms with E-state index in [4.69, 9.17) is 13.9 Å². The lowest BCUT2D eigenvalue weighted by Crippen LogP contribution is -2.30. The summed E-state index contributed by atoms with van der Waals surface area (Å²) in [6.07, 6.45) is 4.49. The molecule has 0 radical (unpaired) electrons. The Balaban J connectivity index is 1.74. The van der Waals surface area contributed by atoms with Crippen LogP contribution in [0, 0.1) is 0 Å². The van der Waals surface area contributed by atoms with E-state index >= 15 is 0 Å². The molecule has 188 valence electrons. The van der Waals surface area contributed by atoms with Crippen molar-refractivity contribution in [3.63, 3.8) is 0 Å². The van der Waals surface area contributed by atoms with Crippen LogP contribution >= 0.6 is 0 Å². The monoisotopic (exact) mass is 489 g/mol. The topological polar surface area (TPSA) is 89.2 Å². The van der Waals surface area contributed by atoms with Gasteiger partial charge in [0.15, 0.2) is 23.0 Å². The van der Waals surface area contributed by atoms with E-state index in [1.54, 1.807) is 18.2 Å². The molecule has 2 aromatic carbocycles. The molecule has 0 spiro atoms. The summed E-state index contributed by atoms with van der Waals surface area (Å²) in [7, 11) is 0. The summed E-state index contributed by atoms with van der Waals surface area (Å²) in [5.74, 6) is -0.551. The highest BCUT2D eigenvalue weighted by atomic mass is 16.5. The van der Waals surface area contributed by atoms with Crippen LogP contribution in [0.2, 0.25) is 0 Å². The van der Waals surface area contributed by atoms with Gasteiger partial charge >= 0.3 is 0 Å². The Morgan fingerprint density at radius 2 is 1.81 bits per heavy atom. The van der Waals surface area contributed by atoms with E-state index in [0.29, 0.717) is 30.3 Å². The number of aliphatic hydroxyl groups is 1. The molecular weight excluding hydrogens is 458 g/mol. The molecule has 1 N–H and O–H groups in total. The number of benzene rings is 2. The van der Waals surface area contributed by atoms with Crippen LogP contribution in [-0.4, -0.2) is 34.9 Å². The van der Waals surface area contributed by atoms with Crippen molar-refractivity contribution in [1.82, 2.24) is 4.90 Å². The zero-order chi connectivity index (χ0) is 25.5. The number of rotatable bonds is 12. The Labute approximate surface area is 210 Å². The Morgan fingerprint density at radius 3 is 2.50 bits per heavy atom. The number of amides is 1. The predicted molar refractivity (Wildman–Crippen MR) is 135 cm³/mol. The summed E-state index contributed by atoms with van der Waals surface area (Å²) in [5.41, 5.74) is 1.48. The lowest BCUT2D eigenvalue weighted by atomic mass is 9.94. The summed E-state index contributed by atoms with van der Waals surface area (Å²) in [4.78, 5) is 28.1. The molecule has 2 heterocycles. The molecule has 1 aliphatic heterocycles. The average molecular weight is 490 g/mol. The van der Waals surface area contributed by atoms with E-state index in [9.17, 15) is 14.7 Å². The summed E-state index contributed by atoms with van der Waals surface area (Å²) < 4.78 is 17.1. The standard InChI is InChI=1S/C29H31NO6/c1-3-5-9-16-35-22-15-14-21(18-24(22)34-4-2)26-25(27(31)23-13-10-17-36-23)28(32)29(33)30(26)19-20-11-7-6-8-12-20/h6-8,10-15,17-18,26,32H,3-5,9,16,19H2,1-2H3. The van der Waals surface area contributed by atoms with Gasteiger partial charge in [0.25, 0.3) is 5.91 Å². The quantitative estimate of drug-likeness (QED) is 0.247. The molecule has 4 rings (SSSR count). The fraction of sp³-hybridized carbons (Fsp3) is 0.310. The van der Waals surface area contributed by atoms with Crippen molar-refractivity contribution in [2.45, 2.75) is 45.7 Å². The third-order valence-electron chi connectivity index (χ3n) is 6.08. The lowest BCUT2D eigenvalue weighted by molar-refractivity contribution is -0.130. The molecule has 0 saturated carbocycles. The molecule has 0 fully saturated rings. The van der Waals surface area contributed by atoms with Crippen LogP contribution in [0.1, 0.15) is 60.8 Å². The highest BCUT2D eigenvalue weighted by Gasteiger charge is 2.44. The summed E-state index contributed by atoms with van der Waals surface area (Å²) >= 11 is 0. The first kappa shape index (κ1) is 25.1. The Morgan fingerprint density at radius 1 is 1.00 bits per heavy atom. The number of ether oxygens (including phenoxy) is 2. The van der Waals surface area contributed by atoms with Gasteiger partial charge in [-0.15, -0.1) is 0 Å². The maximum Gasteiger partial charge on any atom is 0.290 e. The third-order valence-corrected chi connectivity index (χ3v) is 6.08. The molecule has 7 heteroatoms. The van der Waals surface area contributed by atoms with Gasteiger partial charge < -0.3 is 23.9 Å². The van der Waals surface area contributed by atoms with E-state index in [2.05, 4.69) is 6.92 Å². The number of unbranched alkanes of at least 4 members (excludes halogenated alkanes) is 2. The molecule has 7 nitrogen and oxygen atoms in total. The second kappa shape index (κ2) is 11.6.